The van der Waals surface area contributed by atoms with E-state index < -0.39 is 17.0 Å². The van der Waals surface area contributed by atoms with E-state index in [9.17, 15) is 14.3 Å². The zero-order chi connectivity index (χ0) is 25.0. The summed E-state index contributed by atoms with van der Waals surface area (Å²) in [6.45, 7) is 4.70. The van der Waals surface area contributed by atoms with E-state index in [1.165, 1.54) is 19.2 Å². The number of aromatic nitrogens is 3. The lowest BCUT2D eigenvalue weighted by Gasteiger charge is -2.30. The second-order valence-corrected chi connectivity index (χ2v) is 10.2. The van der Waals surface area contributed by atoms with Crippen molar-refractivity contribution in [2.45, 2.75) is 50.0 Å². The highest BCUT2D eigenvalue weighted by atomic mass is 19.1. The highest BCUT2D eigenvalue weighted by molar-refractivity contribution is 5.99. The monoisotopic (exact) mass is 479 g/mol. The molecule has 1 fully saturated rings. The molecular formula is C27H30FN3O4. The van der Waals surface area contributed by atoms with Gasteiger partial charge in [-0.05, 0) is 67.1 Å². The molecule has 1 aliphatic rings. The number of H-pyrrole nitrogens is 1. The highest BCUT2D eigenvalue weighted by Crippen LogP contribution is 2.50. The molecule has 0 saturated heterocycles. The minimum Gasteiger partial charge on any atom is -0.479 e. The molecule has 5 rings (SSSR count). The third-order valence-electron chi connectivity index (χ3n) is 7.46. The van der Waals surface area contributed by atoms with Gasteiger partial charge in [0, 0.05) is 41.8 Å². The van der Waals surface area contributed by atoms with Crippen molar-refractivity contribution in [2.75, 3.05) is 20.8 Å². The molecule has 0 unspecified atom stereocenters. The van der Waals surface area contributed by atoms with Gasteiger partial charge in [-0.15, -0.1) is 0 Å². The van der Waals surface area contributed by atoms with Crippen molar-refractivity contribution in [2.24, 2.45) is 0 Å². The second kappa shape index (κ2) is 8.46. The Balaban J connectivity index is 1.86. The summed E-state index contributed by atoms with van der Waals surface area (Å²) in [6, 6.07) is 10.6. The Hall–Kier alpha value is -3.23. The first-order valence-electron chi connectivity index (χ1n) is 11.8. The van der Waals surface area contributed by atoms with E-state index in [2.05, 4.69) is 40.7 Å². The van der Waals surface area contributed by atoms with Gasteiger partial charge in [-0.2, -0.15) is 5.10 Å². The van der Waals surface area contributed by atoms with Crippen LogP contribution in [0.2, 0.25) is 0 Å². The van der Waals surface area contributed by atoms with Crippen LogP contribution in [0.25, 0.3) is 27.5 Å². The third kappa shape index (κ3) is 3.72. The average molecular weight is 480 g/mol. The number of methoxy groups -OCH3 is 2. The van der Waals surface area contributed by atoms with E-state index in [-0.39, 0.29) is 11.7 Å². The molecule has 2 aromatic carbocycles. The van der Waals surface area contributed by atoms with E-state index in [4.69, 9.17) is 9.47 Å². The fourth-order valence-corrected chi connectivity index (χ4v) is 5.84. The van der Waals surface area contributed by atoms with Crippen LogP contribution in [0.4, 0.5) is 4.39 Å². The zero-order valence-electron chi connectivity index (χ0n) is 20.4. The quantitative estimate of drug-likeness (QED) is 0.375. The van der Waals surface area contributed by atoms with Crippen LogP contribution in [0.5, 0.6) is 0 Å². The standard InChI is InChI=1S/C27H30FN3O4/c1-26(2,15-34-3)24-23(16-9-10-27(13-16,35-4)25(32)33)20-12-21-17(14-29-30-21)11-22(20)31(24)19-7-5-18(28)6-8-19/h5-8,11-12,14,16H,9-10,13,15H2,1-4H3,(H,29,30)(H,32,33)/t16-,27+/m1/s1. The molecule has 2 aromatic heterocycles. The number of nitrogens with one attached hydrogen (secondary N) is 1. The normalized spacial score (nSPS) is 20.8. The van der Waals surface area contributed by atoms with Crippen LogP contribution >= 0.6 is 0 Å². The van der Waals surface area contributed by atoms with Gasteiger partial charge in [0.2, 0.25) is 0 Å². The molecule has 8 heteroatoms. The summed E-state index contributed by atoms with van der Waals surface area (Å²) in [5.74, 6) is -1.28. The van der Waals surface area contributed by atoms with Crippen LogP contribution in [0.3, 0.4) is 0 Å². The maximum atomic E-state index is 13.9. The van der Waals surface area contributed by atoms with Gasteiger partial charge < -0.3 is 19.1 Å². The molecule has 4 aromatic rings. The summed E-state index contributed by atoms with van der Waals surface area (Å²) in [5, 5.41) is 19.2. The molecule has 1 saturated carbocycles. The van der Waals surface area contributed by atoms with Crippen molar-refractivity contribution in [1.29, 1.82) is 0 Å². The Bertz CT molecular complexity index is 1410. The minimum absolute atomic E-state index is 0.0400. The molecule has 0 spiro atoms. The number of halogens is 1. The van der Waals surface area contributed by atoms with Crippen molar-refractivity contribution < 1.29 is 23.8 Å². The van der Waals surface area contributed by atoms with Crippen LogP contribution in [-0.4, -0.2) is 52.3 Å². The summed E-state index contributed by atoms with van der Waals surface area (Å²) in [7, 11) is 3.15. The van der Waals surface area contributed by atoms with Gasteiger partial charge in [-0.1, -0.05) is 13.8 Å². The Morgan fingerprint density at radius 1 is 1.29 bits per heavy atom. The highest BCUT2D eigenvalue weighted by Gasteiger charge is 2.48. The fraction of sp³-hybridized carbons (Fsp3) is 0.407. The average Bonchev–Trinajstić information content (AvgIpc) is 3.53. The Morgan fingerprint density at radius 2 is 2.03 bits per heavy atom. The number of nitrogens with zero attached hydrogens (tertiary/aromatic N) is 2. The third-order valence-corrected chi connectivity index (χ3v) is 7.46. The first kappa shape index (κ1) is 23.5. The Kier molecular flexibility index (Phi) is 5.68. The van der Waals surface area contributed by atoms with Gasteiger partial charge in [0.25, 0.3) is 0 Å². The topological polar surface area (TPSA) is 89.4 Å². The van der Waals surface area contributed by atoms with Crippen LogP contribution < -0.4 is 0 Å². The lowest BCUT2D eigenvalue weighted by molar-refractivity contribution is -0.161. The molecule has 184 valence electrons. The number of carbonyl (C=O) groups is 1. The number of aromatic amines is 1. The zero-order valence-corrected chi connectivity index (χ0v) is 20.4. The predicted molar refractivity (Wildman–Crippen MR) is 132 cm³/mol. The number of hydrogen-bond donors (Lipinski definition) is 2. The number of fused-ring (bicyclic) bond motifs is 2. The molecule has 1 aliphatic carbocycles. The molecule has 2 N–H and O–H groups in total. The smallest absolute Gasteiger partial charge is 0.335 e. The van der Waals surface area contributed by atoms with Crippen LogP contribution in [0.15, 0.2) is 42.6 Å². The molecule has 0 aliphatic heterocycles. The first-order valence-corrected chi connectivity index (χ1v) is 11.8. The van der Waals surface area contributed by atoms with Crippen molar-refractivity contribution in [1.82, 2.24) is 14.8 Å². The second-order valence-electron chi connectivity index (χ2n) is 10.2. The molecule has 0 amide bonds. The first-order chi connectivity index (χ1) is 16.7. The number of benzene rings is 2. The van der Waals surface area contributed by atoms with Crippen LogP contribution in [0.1, 0.15) is 50.3 Å². The molecular weight excluding hydrogens is 449 g/mol. The Morgan fingerprint density at radius 3 is 2.66 bits per heavy atom. The van der Waals surface area contributed by atoms with E-state index in [0.717, 1.165) is 38.8 Å². The number of hydrogen-bond acceptors (Lipinski definition) is 4. The van der Waals surface area contributed by atoms with Gasteiger partial charge in [-0.3, -0.25) is 5.10 Å². The van der Waals surface area contributed by atoms with E-state index in [1.807, 2.05) is 0 Å². The number of carboxylic acid groups (broad SMARTS) is 1. The molecule has 2 heterocycles. The summed E-state index contributed by atoms with van der Waals surface area (Å²) in [6.07, 6.45) is 3.27. The van der Waals surface area contributed by atoms with Crippen molar-refractivity contribution in [3.63, 3.8) is 0 Å². The van der Waals surface area contributed by atoms with Gasteiger partial charge in [0.15, 0.2) is 5.60 Å². The maximum Gasteiger partial charge on any atom is 0.335 e. The number of carboxylic acids is 1. The SMILES string of the molecule is COCC(C)(C)c1c([C@@H]2CC[C@@](OC)(C(=O)O)C2)c2cc3[nH]ncc3cc2n1-c1ccc(F)cc1. The Labute approximate surface area is 202 Å². The lowest BCUT2D eigenvalue weighted by atomic mass is 9.81. The van der Waals surface area contributed by atoms with Crippen molar-refractivity contribution >= 4 is 27.8 Å². The van der Waals surface area contributed by atoms with Gasteiger partial charge in [0.1, 0.15) is 5.82 Å². The van der Waals surface area contributed by atoms with Gasteiger partial charge in [0.05, 0.1) is 23.8 Å². The summed E-state index contributed by atoms with van der Waals surface area (Å²) >= 11 is 0. The molecule has 0 radical (unpaired) electrons. The van der Waals surface area contributed by atoms with Gasteiger partial charge >= 0.3 is 5.97 Å². The minimum atomic E-state index is -1.21. The van der Waals surface area contributed by atoms with Crippen LogP contribution in [-0.2, 0) is 19.7 Å². The number of rotatable bonds is 7. The van der Waals surface area contributed by atoms with E-state index >= 15 is 0 Å². The largest absolute Gasteiger partial charge is 0.479 e. The lowest BCUT2D eigenvalue weighted by Crippen LogP contribution is -2.38. The number of aliphatic carboxylic acids is 1. The van der Waals surface area contributed by atoms with Crippen molar-refractivity contribution in [3.05, 3.63) is 59.7 Å². The van der Waals surface area contributed by atoms with E-state index in [0.29, 0.717) is 25.9 Å². The maximum absolute atomic E-state index is 13.9. The van der Waals surface area contributed by atoms with Crippen molar-refractivity contribution in [3.8, 4) is 5.69 Å². The van der Waals surface area contributed by atoms with Crippen LogP contribution in [0, 0.1) is 5.82 Å². The predicted octanol–water partition coefficient (Wildman–Crippen LogP) is 5.31. The van der Waals surface area contributed by atoms with E-state index in [1.54, 1.807) is 25.4 Å². The number of ether oxygens (including phenoxy) is 2. The molecule has 2 atom stereocenters. The fourth-order valence-electron chi connectivity index (χ4n) is 5.84. The molecule has 7 nitrogen and oxygen atoms in total. The summed E-state index contributed by atoms with van der Waals surface area (Å²) in [5.41, 5.74) is 3.18. The molecule has 0 bridgehead atoms. The summed E-state index contributed by atoms with van der Waals surface area (Å²) in [4.78, 5) is 12.2. The molecule has 35 heavy (non-hydrogen) atoms. The van der Waals surface area contributed by atoms with Gasteiger partial charge in [-0.25, -0.2) is 9.18 Å². The summed E-state index contributed by atoms with van der Waals surface area (Å²) < 4.78 is 27.3.